The highest BCUT2D eigenvalue weighted by atomic mass is 32.2. The number of nitriles is 1. The summed E-state index contributed by atoms with van der Waals surface area (Å²) in [4.78, 5) is 24.0. The summed E-state index contributed by atoms with van der Waals surface area (Å²) in [6.07, 6.45) is 3.60. The van der Waals surface area contributed by atoms with Crippen molar-refractivity contribution in [3.8, 4) is 6.07 Å². The maximum Gasteiger partial charge on any atom is 0.490 e. The van der Waals surface area contributed by atoms with Gasteiger partial charge in [0.05, 0.1) is 16.5 Å². The number of benzene rings is 2. The number of sulfonamides is 1. The molecule has 9 nitrogen and oxygen atoms in total. The smallest absolute Gasteiger partial charge is 0.475 e. The van der Waals surface area contributed by atoms with Crippen LogP contribution in [0.4, 0.5) is 18.9 Å². The second-order valence-corrected chi connectivity index (χ2v) is 11.9. The van der Waals surface area contributed by atoms with E-state index in [4.69, 9.17) is 15.2 Å². The van der Waals surface area contributed by atoms with E-state index in [2.05, 4.69) is 14.9 Å². The molecule has 0 bridgehead atoms. The minimum atomic E-state index is -5.08. The van der Waals surface area contributed by atoms with Gasteiger partial charge in [0.2, 0.25) is 10.0 Å². The predicted molar refractivity (Wildman–Crippen MR) is 146 cm³/mol. The first-order valence-electron chi connectivity index (χ1n) is 13.3. The lowest BCUT2D eigenvalue weighted by atomic mass is 9.89. The molecular formula is C28H33F3N4O5S. The number of nitrogens with zero attached hydrogens (tertiary/aromatic N) is 2. The van der Waals surface area contributed by atoms with Gasteiger partial charge in [-0.15, -0.1) is 0 Å². The summed E-state index contributed by atoms with van der Waals surface area (Å²) in [5.74, 6) is -2.38. The first kappa shape index (κ1) is 32.0. The Balaban J connectivity index is 0.000000587. The fourth-order valence-corrected chi connectivity index (χ4v) is 6.09. The van der Waals surface area contributed by atoms with Crippen LogP contribution in [-0.2, 0) is 14.8 Å². The third-order valence-corrected chi connectivity index (χ3v) is 8.58. The van der Waals surface area contributed by atoms with E-state index in [-0.39, 0.29) is 16.8 Å². The zero-order valence-electron chi connectivity index (χ0n) is 22.4. The summed E-state index contributed by atoms with van der Waals surface area (Å²) in [7, 11) is -3.66. The van der Waals surface area contributed by atoms with Crippen molar-refractivity contribution < 1.29 is 36.3 Å². The average Bonchev–Trinajstić information content (AvgIpc) is 3.39. The van der Waals surface area contributed by atoms with Crippen molar-refractivity contribution in [3.05, 3.63) is 59.7 Å². The Morgan fingerprint density at radius 1 is 1.02 bits per heavy atom. The highest BCUT2D eigenvalue weighted by Gasteiger charge is 2.38. The molecular weight excluding hydrogens is 561 g/mol. The molecule has 2 aromatic rings. The van der Waals surface area contributed by atoms with Crippen LogP contribution in [0.2, 0.25) is 0 Å². The van der Waals surface area contributed by atoms with Gasteiger partial charge in [0.25, 0.3) is 5.91 Å². The third-order valence-electron chi connectivity index (χ3n) is 7.14. The van der Waals surface area contributed by atoms with Crippen LogP contribution in [0, 0.1) is 17.2 Å². The molecule has 4 rings (SSSR count). The van der Waals surface area contributed by atoms with Crippen LogP contribution in [0.5, 0.6) is 0 Å². The molecule has 3 N–H and O–H groups in total. The lowest BCUT2D eigenvalue weighted by Crippen LogP contribution is -2.42. The number of rotatable bonds is 8. The molecule has 222 valence electrons. The lowest BCUT2D eigenvalue weighted by molar-refractivity contribution is -0.192. The summed E-state index contributed by atoms with van der Waals surface area (Å²) < 4.78 is 60.3. The number of carbonyl (C=O) groups is 2. The van der Waals surface area contributed by atoms with Crippen molar-refractivity contribution in [1.82, 2.24) is 9.62 Å². The second-order valence-electron chi connectivity index (χ2n) is 10.1. The van der Waals surface area contributed by atoms with Crippen LogP contribution >= 0.6 is 0 Å². The van der Waals surface area contributed by atoms with Crippen LogP contribution < -0.4 is 10.0 Å². The number of likely N-dealkylation sites (tertiary alicyclic amines) is 1. The summed E-state index contributed by atoms with van der Waals surface area (Å²) in [5, 5.41) is 18.8. The lowest BCUT2D eigenvalue weighted by Gasteiger charge is -2.31. The molecule has 1 aliphatic heterocycles. The fourth-order valence-electron chi connectivity index (χ4n) is 5.01. The maximum atomic E-state index is 12.9. The standard InChI is InChI=1S/C26H32N4O3S.C2HF3O2/c27-17-21-8-4-9-23(16-21)29-26(31)22-11-13-25(14-12-22)34(32,33)28-18-24-10-5-15-30(24)19-20-6-2-1-3-7-20;3-2(4,5)1(6)7/h4,8-9,11-14,16,20,24,28H,1-3,5-7,10,15,18-19H2,(H,29,31);(H,6,7). The largest absolute Gasteiger partial charge is 0.490 e. The zero-order valence-corrected chi connectivity index (χ0v) is 23.2. The number of nitrogens with one attached hydrogen (secondary N) is 2. The van der Waals surface area contributed by atoms with E-state index in [0.717, 1.165) is 31.8 Å². The number of anilines is 1. The van der Waals surface area contributed by atoms with Gasteiger partial charge in [-0.3, -0.25) is 9.69 Å². The topological polar surface area (TPSA) is 140 Å². The molecule has 0 spiro atoms. The first-order chi connectivity index (χ1) is 19.4. The Morgan fingerprint density at radius 3 is 2.29 bits per heavy atom. The average molecular weight is 595 g/mol. The summed E-state index contributed by atoms with van der Waals surface area (Å²) in [5.41, 5.74) is 1.30. The van der Waals surface area contributed by atoms with Crippen LogP contribution in [-0.4, -0.2) is 62.2 Å². The van der Waals surface area contributed by atoms with E-state index in [1.807, 2.05) is 6.07 Å². The van der Waals surface area contributed by atoms with Crippen LogP contribution in [0.15, 0.2) is 53.4 Å². The van der Waals surface area contributed by atoms with Crippen molar-refractivity contribution in [2.45, 2.75) is 62.1 Å². The van der Waals surface area contributed by atoms with Gasteiger partial charge in [0, 0.05) is 30.4 Å². The Morgan fingerprint density at radius 2 is 1.68 bits per heavy atom. The number of alkyl halides is 3. The van der Waals surface area contributed by atoms with Crippen molar-refractivity contribution >= 4 is 27.6 Å². The van der Waals surface area contributed by atoms with Gasteiger partial charge in [-0.2, -0.15) is 18.4 Å². The highest BCUT2D eigenvalue weighted by Crippen LogP contribution is 2.27. The van der Waals surface area contributed by atoms with Gasteiger partial charge in [-0.1, -0.05) is 25.3 Å². The third kappa shape index (κ3) is 9.84. The number of aliphatic carboxylic acids is 1. The van der Waals surface area contributed by atoms with Crippen LogP contribution in [0.3, 0.4) is 0 Å². The molecule has 1 aliphatic carbocycles. The minimum Gasteiger partial charge on any atom is -0.475 e. The van der Waals surface area contributed by atoms with E-state index in [1.54, 1.807) is 24.3 Å². The molecule has 1 saturated heterocycles. The normalized spacial score (nSPS) is 18.1. The van der Waals surface area contributed by atoms with Crippen molar-refractivity contribution in [2.75, 3.05) is 25.0 Å². The number of carboxylic acid groups (broad SMARTS) is 1. The number of hydrogen-bond acceptors (Lipinski definition) is 6. The Labute approximate surface area is 237 Å². The number of carbonyl (C=O) groups excluding carboxylic acids is 1. The number of carboxylic acids is 1. The van der Waals surface area contributed by atoms with Gasteiger partial charge in [-0.25, -0.2) is 17.9 Å². The molecule has 1 heterocycles. The Hall–Kier alpha value is -3.47. The molecule has 1 saturated carbocycles. The molecule has 2 aliphatic rings. The van der Waals surface area contributed by atoms with Gasteiger partial charge < -0.3 is 10.4 Å². The zero-order chi connectivity index (χ0) is 30.0. The van der Waals surface area contributed by atoms with Crippen molar-refractivity contribution in [1.29, 1.82) is 5.26 Å². The quantitative estimate of drug-likeness (QED) is 0.400. The van der Waals surface area contributed by atoms with E-state index < -0.39 is 22.2 Å². The van der Waals surface area contributed by atoms with Gasteiger partial charge in [-0.05, 0) is 80.6 Å². The van der Waals surface area contributed by atoms with Gasteiger partial charge >= 0.3 is 12.1 Å². The van der Waals surface area contributed by atoms with Crippen molar-refractivity contribution in [3.63, 3.8) is 0 Å². The van der Waals surface area contributed by atoms with Gasteiger partial charge in [0.15, 0.2) is 0 Å². The summed E-state index contributed by atoms with van der Waals surface area (Å²) in [6, 6.07) is 14.8. The number of amides is 1. The molecule has 2 fully saturated rings. The van der Waals surface area contributed by atoms with Crippen LogP contribution in [0.25, 0.3) is 0 Å². The van der Waals surface area contributed by atoms with E-state index in [0.29, 0.717) is 23.4 Å². The molecule has 0 radical (unpaired) electrons. The highest BCUT2D eigenvalue weighted by molar-refractivity contribution is 7.89. The molecule has 0 aromatic heterocycles. The van der Waals surface area contributed by atoms with E-state index >= 15 is 0 Å². The molecule has 2 aromatic carbocycles. The SMILES string of the molecule is N#Cc1cccc(NC(=O)c2ccc(S(=O)(=O)NCC3CCCN3CC3CCCCC3)cc2)c1.O=C(O)C(F)(F)F. The minimum absolute atomic E-state index is 0.146. The summed E-state index contributed by atoms with van der Waals surface area (Å²) >= 11 is 0. The fraction of sp³-hybridized carbons (Fsp3) is 0.464. The number of halogens is 3. The molecule has 1 atom stereocenters. The molecule has 1 amide bonds. The molecule has 1 unspecified atom stereocenters. The van der Waals surface area contributed by atoms with Crippen molar-refractivity contribution in [2.24, 2.45) is 5.92 Å². The van der Waals surface area contributed by atoms with E-state index in [9.17, 15) is 26.4 Å². The first-order valence-corrected chi connectivity index (χ1v) is 14.8. The molecule has 13 heteroatoms. The van der Waals surface area contributed by atoms with E-state index in [1.165, 1.54) is 56.4 Å². The van der Waals surface area contributed by atoms with Crippen LogP contribution in [0.1, 0.15) is 60.9 Å². The maximum absolute atomic E-state index is 12.9. The monoisotopic (exact) mass is 594 g/mol. The molecule has 41 heavy (non-hydrogen) atoms. The van der Waals surface area contributed by atoms with Gasteiger partial charge in [0.1, 0.15) is 0 Å². The summed E-state index contributed by atoms with van der Waals surface area (Å²) in [6.45, 7) is 2.53. The Kier molecular flexibility index (Phi) is 11.3. The predicted octanol–water partition coefficient (Wildman–Crippen LogP) is 4.77. The second kappa shape index (κ2) is 14.4. The Bertz CT molecular complexity index is 1340. The number of hydrogen-bond donors (Lipinski definition) is 3.